The number of carbonyl (C=O) groups is 1. The number of piperidine rings is 1. The van der Waals surface area contributed by atoms with E-state index < -0.39 is 10.0 Å². The number of hydrogen-bond acceptors (Lipinski definition) is 4. The van der Waals surface area contributed by atoms with E-state index in [1.807, 2.05) is 11.0 Å². The van der Waals surface area contributed by atoms with Crippen LogP contribution >= 0.6 is 0 Å². The highest BCUT2D eigenvalue weighted by molar-refractivity contribution is 7.88. The number of amides is 1. The quantitative estimate of drug-likeness (QED) is 0.782. The van der Waals surface area contributed by atoms with Gasteiger partial charge in [0.1, 0.15) is 5.82 Å². The van der Waals surface area contributed by atoms with Crippen LogP contribution in [-0.2, 0) is 21.4 Å². The molecule has 0 aromatic heterocycles. The van der Waals surface area contributed by atoms with Crippen LogP contribution in [0.1, 0.15) is 18.4 Å². The molecule has 0 N–H and O–H groups in total. The molecule has 1 aromatic carbocycles. The fourth-order valence-corrected chi connectivity index (χ4v) is 4.63. The largest absolute Gasteiger partial charge is 0.340 e. The molecule has 1 aromatic rings. The Kier molecular flexibility index (Phi) is 5.94. The number of hydrogen-bond donors (Lipinski definition) is 0. The topological polar surface area (TPSA) is 60.9 Å². The summed E-state index contributed by atoms with van der Waals surface area (Å²) in [4.78, 5) is 16.8. The molecule has 0 radical (unpaired) electrons. The maximum atomic E-state index is 13.3. The molecule has 0 bridgehead atoms. The second-order valence-corrected chi connectivity index (χ2v) is 9.17. The fraction of sp³-hybridized carbons (Fsp3) is 0.611. The highest BCUT2D eigenvalue weighted by Gasteiger charge is 2.33. The van der Waals surface area contributed by atoms with Gasteiger partial charge in [0.15, 0.2) is 0 Å². The summed E-state index contributed by atoms with van der Waals surface area (Å²) in [5.74, 6) is -0.416. The Morgan fingerprint density at radius 3 is 2.58 bits per heavy atom. The van der Waals surface area contributed by atoms with Crippen molar-refractivity contribution in [1.29, 1.82) is 0 Å². The van der Waals surface area contributed by atoms with Gasteiger partial charge in [-0.1, -0.05) is 12.1 Å². The summed E-state index contributed by atoms with van der Waals surface area (Å²) < 4.78 is 38.2. The normalized spacial score (nSPS) is 23.2. The van der Waals surface area contributed by atoms with Crippen LogP contribution in [0.3, 0.4) is 0 Å². The lowest BCUT2D eigenvalue weighted by molar-refractivity contribution is -0.138. The molecule has 2 heterocycles. The van der Waals surface area contributed by atoms with Crippen molar-refractivity contribution in [3.8, 4) is 0 Å². The van der Waals surface area contributed by atoms with E-state index in [0.717, 1.165) is 31.5 Å². The Hall–Kier alpha value is -1.51. The van der Waals surface area contributed by atoms with Gasteiger partial charge in [-0.05, 0) is 30.5 Å². The van der Waals surface area contributed by atoms with Gasteiger partial charge in [-0.2, -0.15) is 0 Å². The van der Waals surface area contributed by atoms with Gasteiger partial charge in [-0.25, -0.2) is 17.1 Å². The molecule has 1 amide bonds. The SMILES string of the molecule is CS(=O)(=O)N1CCC[C@@H](C(=O)N2CCN(Cc3cccc(F)c3)CC2)C1. The molecular formula is C18H26FN3O3S. The summed E-state index contributed by atoms with van der Waals surface area (Å²) >= 11 is 0. The first kappa shape index (κ1) is 19.3. The van der Waals surface area contributed by atoms with Crippen LogP contribution in [0, 0.1) is 11.7 Å². The highest BCUT2D eigenvalue weighted by atomic mass is 32.2. The van der Waals surface area contributed by atoms with E-state index in [0.29, 0.717) is 32.7 Å². The number of sulfonamides is 1. The van der Waals surface area contributed by atoms with Crippen molar-refractivity contribution in [2.24, 2.45) is 5.92 Å². The zero-order valence-corrected chi connectivity index (χ0v) is 15.9. The Morgan fingerprint density at radius 1 is 1.19 bits per heavy atom. The molecule has 0 aliphatic carbocycles. The van der Waals surface area contributed by atoms with Crippen LogP contribution in [0.4, 0.5) is 4.39 Å². The minimum Gasteiger partial charge on any atom is -0.340 e. The van der Waals surface area contributed by atoms with Gasteiger partial charge in [0, 0.05) is 45.8 Å². The van der Waals surface area contributed by atoms with Crippen molar-refractivity contribution in [2.75, 3.05) is 45.5 Å². The zero-order valence-electron chi connectivity index (χ0n) is 15.1. The Bertz CT molecular complexity index is 748. The van der Waals surface area contributed by atoms with Crippen LogP contribution in [0.15, 0.2) is 24.3 Å². The summed E-state index contributed by atoms with van der Waals surface area (Å²) in [6.45, 7) is 4.21. The lowest BCUT2D eigenvalue weighted by Crippen LogP contribution is -2.52. The predicted molar refractivity (Wildman–Crippen MR) is 97.4 cm³/mol. The first-order valence-corrected chi connectivity index (χ1v) is 10.9. The minimum atomic E-state index is -3.25. The summed E-state index contributed by atoms with van der Waals surface area (Å²) in [6, 6.07) is 6.59. The Labute approximate surface area is 154 Å². The minimum absolute atomic E-state index is 0.0590. The second-order valence-electron chi connectivity index (χ2n) is 7.19. The molecule has 0 saturated carbocycles. The van der Waals surface area contributed by atoms with E-state index >= 15 is 0 Å². The van der Waals surface area contributed by atoms with Crippen LogP contribution in [0.2, 0.25) is 0 Å². The molecule has 0 spiro atoms. The Morgan fingerprint density at radius 2 is 1.92 bits per heavy atom. The van der Waals surface area contributed by atoms with Crippen molar-refractivity contribution in [3.63, 3.8) is 0 Å². The van der Waals surface area contributed by atoms with Crippen molar-refractivity contribution in [2.45, 2.75) is 19.4 Å². The maximum Gasteiger partial charge on any atom is 0.227 e. The van der Waals surface area contributed by atoms with Gasteiger partial charge >= 0.3 is 0 Å². The van der Waals surface area contributed by atoms with Crippen LogP contribution in [0.5, 0.6) is 0 Å². The van der Waals surface area contributed by atoms with Gasteiger partial charge in [-0.3, -0.25) is 9.69 Å². The summed E-state index contributed by atoms with van der Waals surface area (Å²) in [5, 5.41) is 0. The first-order valence-electron chi connectivity index (χ1n) is 9.03. The Balaban J connectivity index is 1.52. The average Bonchev–Trinajstić information content (AvgIpc) is 2.61. The third kappa shape index (κ3) is 4.81. The van der Waals surface area contributed by atoms with E-state index in [-0.39, 0.29) is 17.6 Å². The second kappa shape index (κ2) is 8.02. The van der Waals surface area contributed by atoms with Crippen molar-refractivity contribution in [1.82, 2.24) is 14.1 Å². The van der Waals surface area contributed by atoms with E-state index in [4.69, 9.17) is 0 Å². The van der Waals surface area contributed by atoms with E-state index in [1.165, 1.54) is 16.6 Å². The summed E-state index contributed by atoms with van der Waals surface area (Å²) in [6.07, 6.45) is 2.67. The van der Waals surface area contributed by atoms with E-state index in [9.17, 15) is 17.6 Å². The molecule has 26 heavy (non-hydrogen) atoms. The molecule has 3 rings (SSSR count). The highest BCUT2D eigenvalue weighted by Crippen LogP contribution is 2.21. The van der Waals surface area contributed by atoms with Gasteiger partial charge in [-0.15, -0.1) is 0 Å². The van der Waals surface area contributed by atoms with Gasteiger partial charge in [0.2, 0.25) is 15.9 Å². The lowest BCUT2D eigenvalue weighted by Gasteiger charge is -2.38. The maximum absolute atomic E-state index is 13.3. The van der Waals surface area contributed by atoms with Gasteiger partial charge < -0.3 is 4.90 Å². The first-order chi connectivity index (χ1) is 12.3. The summed E-state index contributed by atoms with van der Waals surface area (Å²) in [5.41, 5.74) is 0.931. The van der Waals surface area contributed by atoms with E-state index in [2.05, 4.69) is 4.90 Å². The molecular weight excluding hydrogens is 357 g/mol. The van der Waals surface area contributed by atoms with Crippen molar-refractivity contribution in [3.05, 3.63) is 35.6 Å². The van der Waals surface area contributed by atoms with Crippen molar-refractivity contribution < 1.29 is 17.6 Å². The lowest BCUT2D eigenvalue weighted by atomic mass is 9.97. The molecule has 144 valence electrons. The number of halogens is 1. The molecule has 0 unspecified atom stereocenters. The van der Waals surface area contributed by atoms with E-state index in [1.54, 1.807) is 12.1 Å². The third-order valence-corrected chi connectivity index (χ3v) is 6.45. The number of carbonyl (C=O) groups excluding carboxylic acids is 1. The molecule has 2 saturated heterocycles. The van der Waals surface area contributed by atoms with Crippen LogP contribution in [0.25, 0.3) is 0 Å². The summed E-state index contributed by atoms with van der Waals surface area (Å²) in [7, 11) is -3.25. The standard InChI is InChI=1S/C18H26FN3O3S/c1-26(24,25)22-7-3-5-16(14-22)18(23)21-10-8-20(9-11-21)13-15-4-2-6-17(19)12-15/h2,4,6,12,16H,3,5,7-11,13-14H2,1H3/t16-/m1/s1. The predicted octanol–water partition coefficient (Wildman–Crippen LogP) is 1.14. The molecule has 6 nitrogen and oxygen atoms in total. The monoisotopic (exact) mass is 383 g/mol. The van der Waals surface area contributed by atoms with Crippen LogP contribution < -0.4 is 0 Å². The van der Waals surface area contributed by atoms with Gasteiger partial charge in [0.25, 0.3) is 0 Å². The number of benzene rings is 1. The number of piperazine rings is 1. The molecule has 1 atom stereocenters. The zero-order chi connectivity index (χ0) is 18.7. The van der Waals surface area contributed by atoms with Gasteiger partial charge in [0.05, 0.1) is 12.2 Å². The van der Waals surface area contributed by atoms with Crippen molar-refractivity contribution >= 4 is 15.9 Å². The van der Waals surface area contributed by atoms with Crippen LogP contribution in [-0.4, -0.2) is 74.0 Å². The number of rotatable bonds is 4. The third-order valence-electron chi connectivity index (χ3n) is 5.18. The number of nitrogens with zero attached hydrogens (tertiary/aromatic N) is 3. The fourth-order valence-electron chi connectivity index (χ4n) is 3.72. The molecule has 2 aliphatic heterocycles. The smallest absolute Gasteiger partial charge is 0.227 e. The molecule has 8 heteroatoms. The molecule has 2 aliphatic rings. The average molecular weight is 383 g/mol. The molecule has 2 fully saturated rings.